The molecule has 1 rings (SSSR count). The Morgan fingerprint density at radius 1 is 1.06 bits per heavy atom. The number of rotatable bonds is 11. The largest absolute Gasteiger partial charge is 0.480 e. The number of amides is 4. The molecule has 0 aliphatic carbocycles. The van der Waals surface area contributed by atoms with Crippen LogP contribution in [0.2, 0.25) is 0 Å². The van der Waals surface area contributed by atoms with Crippen LogP contribution in [0.4, 0.5) is 0 Å². The quantitative estimate of drug-likeness (QED) is 0.166. The Morgan fingerprint density at radius 2 is 1.65 bits per heavy atom. The van der Waals surface area contributed by atoms with Crippen molar-refractivity contribution in [2.75, 3.05) is 6.54 Å². The molecular formula is C18H31N5O8. The zero-order valence-electron chi connectivity index (χ0n) is 17.5. The summed E-state index contributed by atoms with van der Waals surface area (Å²) in [6.07, 6.45) is -2.09. The Bertz CT molecular complexity index is 698. The van der Waals surface area contributed by atoms with Crippen molar-refractivity contribution in [1.82, 2.24) is 15.5 Å². The lowest BCUT2D eigenvalue weighted by molar-refractivity contribution is -0.146. The van der Waals surface area contributed by atoms with Gasteiger partial charge in [0, 0.05) is 13.0 Å². The first-order valence-corrected chi connectivity index (χ1v) is 9.90. The maximum absolute atomic E-state index is 12.7. The Hall–Kier alpha value is -2.77. The zero-order chi connectivity index (χ0) is 23.9. The molecule has 0 saturated carbocycles. The monoisotopic (exact) mass is 445 g/mol. The lowest BCUT2D eigenvalue weighted by Crippen LogP contribution is -2.60. The van der Waals surface area contributed by atoms with Gasteiger partial charge in [-0.1, -0.05) is 0 Å². The molecule has 1 fully saturated rings. The Kier molecular flexibility index (Phi) is 9.81. The van der Waals surface area contributed by atoms with Crippen LogP contribution >= 0.6 is 0 Å². The van der Waals surface area contributed by atoms with Crippen LogP contribution in [0.15, 0.2) is 0 Å². The minimum atomic E-state index is -1.64. The van der Waals surface area contributed by atoms with Gasteiger partial charge in [-0.25, -0.2) is 4.79 Å². The summed E-state index contributed by atoms with van der Waals surface area (Å²) in [5.74, 6) is -4.38. The summed E-state index contributed by atoms with van der Waals surface area (Å²) in [7, 11) is 0. The normalized spacial score (nSPS) is 20.8. The third kappa shape index (κ3) is 7.45. The topological polar surface area (TPSA) is 225 Å². The van der Waals surface area contributed by atoms with Crippen molar-refractivity contribution < 1.29 is 39.3 Å². The van der Waals surface area contributed by atoms with E-state index in [1.165, 1.54) is 18.7 Å². The molecule has 6 unspecified atom stereocenters. The molecule has 0 aromatic carbocycles. The van der Waals surface area contributed by atoms with E-state index in [2.05, 4.69) is 10.6 Å². The summed E-state index contributed by atoms with van der Waals surface area (Å²) < 4.78 is 0. The number of aliphatic carboxylic acids is 1. The smallest absolute Gasteiger partial charge is 0.328 e. The molecular weight excluding hydrogens is 414 g/mol. The number of carboxylic acids is 1. The van der Waals surface area contributed by atoms with Crippen molar-refractivity contribution in [3.63, 3.8) is 0 Å². The third-order valence-electron chi connectivity index (χ3n) is 4.97. The molecule has 4 amide bonds. The Labute approximate surface area is 179 Å². The number of nitrogens with one attached hydrogen (secondary N) is 2. The highest BCUT2D eigenvalue weighted by Crippen LogP contribution is 2.19. The molecule has 6 atom stereocenters. The van der Waals surface area contributed by atoms with Crippen LogP contribution in [0.3, 0.4) is 0 Å². The maximum Gasteiger partial charge on any atom is 0.328 e. The number of carbonyl (C=O) groups is 5. The summed E-state index contributed by atoms with van der Waals surface area (Å²) in [5, 5.41) is 32.9. The van der Waals surface area contributed by atoms with Gasteiger partial charge in [0.05, 0.1) is 18.2 Å². The van der Waals surface area contributed by atoms with Crippen molar-refractivity contribution in [3.8, 4) is 0 Å². The second-order valence-corrected chi connectivity index (χ2v) is 7.59. The minimum Gasteiger partial charge on any atom is -0.480 e. The lowest BCUT2D eigenvalue weighted by atomic mass is 10.1. The molecule has 13 heteroatoms. The summed E-state index contributed by atoms with van der Waals surface area (Å²) in [6.45, 7) is 2.63. The number of nitrogens with zero attached hydrogens (tertiary/aromatic N) is 1. The van der Waals surface area contributed by atoms with Crippen molar-refractivity contribution in [2.24, 2.45) is 11.5 Å². The van der Waals surface area contributed by atoms with Gasteiger partial charge in [0.25, 0.3) is 0 Å². The van der Waals surface area contributed by atoms with E-state index in [1.54, 1.807) is 0 Å². The molecule has 9 N–H and O–H groups in total. The standard InChI is InChI=1S/C18H31N5O8/c1-8(24)13(16(28)22-14(9(2)25)18(30)31)21-15(27)11-4-3-7-23(11)17(29)10(19)5-6-12(20)26/h8-11,13-14,24-25H,3-7,19H2,1-2H3,(H2,20,26)(H,21,27)(H,22,28)(H,30,31). The molecule has 0 aromatic heterocycles. The molecule has 31 heavy (non-hydrogen) atoms. The second kappa shape index (κ2) is 11.6. The molecule has 1 aliphatic heterocycles. The average molecular weight is 445 g/mol. The van der Waals surface area contributed by atoms with E-state index in [-0.39, 0.29) is 19.4 Å². The average Bonchev–Trinajstić information content (AvgIpc) is 3.16. The molecule has 0 radical (unpaired) electrons. The molecule has 0 spiro atoms. The van der Waals surface area contributed by atoms with Gasteiger partial charge in [-0.3, -0.25) is 19.2 Å². The van der Waals surface area contributed by atoms with Crippen LogP contribution in [-0.4, -0.2) is 92.7 Å². The highest BCUT2D eigenvalue weighted by Gasteiger charge is 2.39. The minimum absolute atomic E-state index is 0.0215. The van der Waals surface area contributed by atoms with Crippen LogP contribution in [-0.2, 0) is 24.0 Å². The Balaban J connectivity index is 2.86. The van der Waals surface area contributed by atoms with E-state index < -0.39 is 66.0 Å². The number of hydrogen-bond donors (Lipinski definition) is 7. The summed E-state index contributed by atoms with van der Waals surface area (Å²) >= 11 is 0. The van der Waals surface area contributed by atoms with Crippen molar-refractivity contribution in [1.29, 1.82) is 0 Å². The van der Waals surface area contributed by atoms with Crippen LogP contribution < -0.4 is 22.1 Å². The van der Waals surface area contributed by atoms with Gasteiger partial charge in [-0.15, -0.1) is 0 Å². The number of primary amides is 1. The molecule has 13 nitrogen and oxygen atoms in total. The second-order valence-electron chi connectivity index (χ2n) is 7.59. The van der Waals surface area contributed by atoms with E-state index in [4.69, 9.17) is 16.6 Å². The highest BCUT2D eigenvalue weighted by molar-refractivity contribution is 5.94. The third-order valence-corrected chi connectivity index (χ3v) is 4.97. The van der Waals surface area contributed by atoms with Gasteiger partial charge in [-0.05, 0) is 33.1 Å². The molecule has 0 aromatic rings. The van der Waals surface area contributed by atoms with E-state index in [1.807, 2.05) is 0 Å². The van der Waals surface area contributed by atoms with Gasteiger partial charge in [-0.2, -0.15) is 0 Å². The van der Waals surface area contributed by atoms with E-state index >= 15 is 0 Å². The van der Waals surface area contributed by atoms with Crippen LogP contribution in [0.1, 0.15) is 39.5 Å². The maximum atomic E-state index is 12.7. The number of carbonyl (C=O) groups excluding carboxylic acids is 4. The zero-order valence-corrected chi connectivity index (χ0v) is 17.5. The number of likely N-dealkylation sites (tertiary alicyclic amines) is 1. The fourth-order valence-electron chi connectivity index (χ4n) is 3.22. The SMILES string of the molecule is CC(O)C(NC(=O)C(NC(=O)C1CCCN1C(=O)C(N)CCC(N)=O)C(C)O)C(=O)O. The van der Waals surface area contributed by atoms with Gasteiger partial charge >= 0.3 is 5.97 Å². The number of aliphatic hydroxyl groups is 2. The van der Waals surface area contributed by atoms with Crippen LogP contribution in [0.25, 0.3) is 0 Å². The van der Waals surface area contributed by atoms with E-state index in [9.17, 15) is 34.2 Å². The van der Waals surface area contributed by atoms with Crippen molar-refractivity contribution >= 4 is 29.6 Å². The predicted octanol–water partition coefficient (Wildman–Crippen LogP) is -3.61. The number of nitrogens with two attached hydrogens (primary N) is 2. The molecule has 0 bridgehead atoms. The summed E-state index contributed by atoms with van der Waals surface area (Å²) in [6, 6.07) is -5.14. The first-order chi connectivity index (χ1) is 14.4. The van der Waals surface area contributed by atoms with Crippen LogP contribution in [0.5, 0.6) is 0 Å². The summed E-state index contributed by atoms with van der Waals surface area (Å²) in [4.78, 5) is 61.0. The molecule has 1 aliphatic rings. The fraction of sp³-hybridized carbons (Fsp3) is 0.722. The highest BCUT2D eigenvalue weighted by atomic mass is 16.4. The molecule has 1 saturated heterocycles. The van der Waals surface area contributed by atoms with E-state index in [0.717, 1.165) is 0 Å². The number of aliphatic hydroxyl groups excluding tert-OH is 2. The van der Waals surface area contributed by atoms with Gasteiger partial charge < -0.3 is 42.3 Å². The van der Waals surface area contributed by atoms with Gasteiger partial charge in [0.15, 0.2) is 6.04 Å². The lowest BCUT2D eigenvalue weighted by Gasteiger charge is -2.29. The summed E-state index contributed by atoms with van der Waals surface area (Å²) in [5.41, 5.74) is 10.9. The first-order valence-electron chi connectivity index (χ1n) is 9.90. The predicted molar refractivity (Wildman–Crippen MR) is 106 cm³/mol. The molecule has 176 valence electrons. The van der Waals surface area contributed by atoms with Gasteiger partial charge in [0.1, 0.15) is 12.1 Å². The Morgan fingerprint density at radius 3 is 2.13 bits per heavy atom. The first kappa shape index (κ1) is 26.3. The van der Waals surface area contributed by atoms with Gasteiger partial charge in [0.2, 0.25) is 23.6 Å². The number of carboxylic acid groups (broad SMARTS) is 1. The molecule has 1 heterocycles. The van der Waals surface area contributed by atoms with Crippen molar-refractivity contribution in [2.45, 2.75) is 75.9 Å². The van der Waals surface area contributed by atoms with E-state index in [0.29, 0.717) is 12.8 Å². The number of hydrogen-bond acceptors (Lipinski definition) is 8. The van der Waals surface area contributed by atoms with Crippen LogP contribution in [0, 0.1) is 0 Å². The van der Waals surface area contributed by atoms with Crippen molar-refractivity contribution in [3.05, 3.63) is 0 Å². The fourth-order valence-corrected chi connectivity index (χ4v) is 3.22.